The number of nitrogens with zero attached hydrogens (tertiary/aromatic N) is 5. The number of carbonyl (C=O) groups excluding carboxylic acids is 3. The van der Waals surface area contributed by atoms with Crippen molar-refractivity contribution in [1.82, 2.24) is 30.2 Å². The molecule has 3 N–H and O–H groups in total. The van der Waals surface area contributed by atoms with Crippen LogP contribution in [0, 0.1) is 18.7 Å². The lowest BCUT2D eigenvalue weighted by Gasteiger charge is -2.25. The second kappa shape index (κ2) is 12.8. The van der Waals surface area contributed by atoms with Crippen LogP contribution in [-0.2, 0) is 16.1 Å². The summed E-state index contributed by atoms with van der Waals surface area (Å²) in [5, 5.41) is 16.2. The third-order valence-corrected chi connectivity index (χ3v) is 8.01. The fraction of sp³-hybridized carbons (Fsp3) is 0.312. The highest BCUT2D eigenvalue weighted by Crippen LogP contribution is 2.31. The van der Waals surface area contributed by atoms with Crippen molar-refractivity contribution >= 4 is 39.6 Å². The number of rotatable bonds is 7. The molecule has 0 bridgehead atoms. The molecule has 11 nitrogen and oxygen atoms in total. The number of likely N-dealkylation sites (tertiary alicyclic amines) is 1. The molecule has 3 atom stereocenters. The van der Waals surface area contributed by atoms with Crippen molar-refractivity contribution in [2.75, 3.05) is 13.7 Å². The van der Waals surface area contributed by atoms with E-state index in [1.165, 1.54) is 16.8 Å². The van der Waals surface area contributed by atoms with Crippen molar-refractivity contribution < 1.29 is 27.6 Å². The molecule has 1 fully saturated rings. The number of aromatic nitrogens is 4. The van der Waals surface area contributed by atoms with Crippen molar-refractivity contribution in [2.24, 2.45) is 11.7 Å². The van der Waals surface area contributed by atoms with E-state index in [1.54, 1.807) is 48.5 Å². The molecular formula is C32H33F2N7O4. The van der Waals surface area contributed by atoms with Gasteiger partial charge in [-0.15, -0.1) is 0 Å². The third kappa shape index (κ3) is 6.10. The number of halogens is 2. The number of benzene rings is 2. The molecule has 13 heteroatoms. The predicted molar refractivity (Wildman–Crippen MR) is 163 cm³/mol. The number of fused-ring (bicyclic) bond motifs is 2. The van der Waals surface area contributed by atoms with E-state index in [0.29, 0.717) is 47.8 Å². The monoisotopic (exact) mass is 617 g/mol. The summed E-state index contributed by atoms with van der Waals surface area (Å²) in [6.45, 7) is 5.82. The van der Waals surface area contributed by atoms with Crippen LogP contribution in [0.2, 0.25) is 0 Å². The fourth-order valence-corrected chi connectivity index (χ4v) is 5.91. The minimum absolute atomic E-state index is 0.0469. The average Bonchev–Trinajstić information content (AvgIpc) is 3.71. The molecule has 4 heterocycles. The van der Waals surface area contributed by atoms with Gasteiger partial charge >= 0.3 is 0 Å². The fourth-order valence-electron chi connectivity index (χ4n) is 5.91. The SMILES string of the molecule is CF.Cc1c(C(C)NC(=O)[C@@H]2C[C@@H](C)CN2C(=O)Cn2nc(C(N)=O)c3cc(-c4ccnnc4)ccc32)oc2ccc(F)cc12. The maximum Gasteiger partial charge on any atom is 0.269 e. The minimum atomic E-state index is -0.717. The van der Waals surface area contributed by atoms with Crippen LogP contribution in [0.4, 0.5) is 8.78 Å². The highest BCUT2D eigenvalue weighted by Gasteiger charge is 2.39. The number of hydrogen-bond acceptors (Lipinski definition) is 7. The zero-order valence-corrected chi connectivity index (χ0v) is 25.3. The molecule has 1 saturated heterocycles. The highest BCUT2D eigenvalue weighted by molar-refractivity contribution is 6.05. The Morgan fingerprint density at radius 1 is 1.09 bits per heavy atom. The number of alkyl halides is 1. The predicted octanol–water partition coefficient (Wildman–Crippen LogP) is 4.49. The highest BCUT2D eigenvalue weighted by atomic mass is 19.1. The second-order valence-electron chi connectivity index (χ2n) is 11.1. The lowest BCUT2D eigenvalue weighted by molar-refractivity contribution is -0.139. The first-order chi connectivity index (χ1) is 21.6. The Morgan fingerprint density at radius 2 is 1.87 bits per heavy atom. The first-order valence-corrected chi connectivity index (χ1v) is 14.3. The maximum atomic E-state index is 13.8. The molecule has 0 saturated carbocycles. The number of nitrogens with one attached hydrogen (secondary N) is 1. The molecule has 3 amide bonds. The van der Waals surface area contributed by atoms with Gasteiger partial charge in [-0.25, -0.2) is 4.39 Å². The van der Waals surface area contributed by atoms with Crippen LogP contribution >= 0.6 is 0 Å². The maximum absolute atomic E-state index is 13.8. The number of nitrogens with two attached hydrogens (primary N) is 1. The van der Waals surface area contributed by atoms with Crippen molar-refractivity contribution in [3.8, 4) is 11.1 Å². The number of primary amides is 1. The second-order valence-corrected chi connectivity index (χ2v) is 11.1. The van der Waals surface area contributed by atoms with E-state index in [0.717, 1.165) is 16.7 Å². The summed E-state index contributed by atoms with van der Waals surface area (Å²) in [6, 6.07) is 10.3. The van der Waals surface area contributed by atoms with Gasteiger partial charge in [0.25, 0.3) is 5.91 Å². The van der Waals surface area contributed by atoms with Gasteiger partial charge in [0, 0.05) is 28.4 Å². The summed E-state index contributed by atoms with van der Waals surface area (Å²) in [4.78, 5) is 41.0. The molecule has 5 aromatic rings. The molecule has 0 radical (unpaired) electrons. The minimum Gasteiger partial charge on any atom is -0.459 e. The molecular weight excluding hydrogens is 584 g/mol. The number of amides is 3. The third-order valence-electron chi connectivity index (χ3n) is 8.01. The standard InChI is InChI=1S/C31H30FN7O4.CH3F/c1-16-10-25(31(42)36-18(3)29-17(2)22-12-21(32)5-7-26(22)43-29)38(14-16)27(40)15-39-24-6-4-19(20-8-9-34-35-13-20)11-23(24)28(37-39)30(33)41;1-2/h4-9,11-13,16,18,25H,10,14-15H2,1-3H3,(H2,33,41)(H,36,42);1H3/t16-,18?,25+;/m1./s1. The summed E-state index contributed by atoms with van der Waals surface area (Å²) >= 11 is 0. The van der Waals surface area contributed by atoms with Crippen LogP contribution in [0.1, 0.15) is 48.1 Å². The molecule has 2 aromatic carbocycles. The van der Waals surface area contributed by atoms with Gasteiger partial charge in [-0.3, -0.25) is 23.5 Å². The Morgan fingerprint density at radius 3 is 2.58 bits per heavy atom. The molecule has 1 aliphatic heterocycles. The van der Waals surface area contributed by atoms with Crippen LogP contribution in [0.5, 0.6) is 0 Å². The average molecular weight is 618 g/mol. The van der Waals surface area contributed by atoms with Gasteiger partial charge in [-0.1, -0.05) is 13.0 Å². The smallest absolute Gasteiger partial charge is 0.269 e. The number of carbonyl (C=O) groups is 3. The van der Waals surface area contributed by atoms with E-state index >= 15 is 0 Å². The largest absolute Gasteiger partial charge is 0.459 e. The molecule has 1 unspecified atom stereocenters. The van der Waals surface area contributed by atoms with E-state index < -0.39 is 18.0 Å². The van der Waals surface area contributed by atoms with E-state index in [-0.39, 0.29) is 35.8 Å². The Bertz CT molecular complexity index is 1890. The topological polar surface area (TPSA) is 149 Å². The van der Waals surface area contributed by atoms with E-state index in [9.17, 15) is 23.2 Å². The van der Waals surface area contributed by atoms with Gasteiger partial charge in [0.2, 0.25) is 11.8 Å². The summed E-state index contributed by atoms with van der Waals surface area (Å²) in [5.41, 5.74) is 9.12. The van der Waals surface area contributed by atoms with Crippen LogP contribution in [0.15, 0.2) is 59.3 Å². The Labute approximate surface area is 257 Å². The zero-order chi connectivity index (χ0) is 32.4. The summed E-state index contributed by atoms with van der Waals surface area (Å²) in [5.74, 6) is -1.08. The van der Waals surface area contributed by atoms with Crippen LogP contribution in [0.3, 0.4) is 0 Å². The van der Waals surface area contributed by atoms with Crippen LogP contribution in [0.25, 0.3) is 33.0 Å². The molecule has 3 aromatic heterocycles. The molecule has 1 aliphatic rings. The van der Waals surface area contributed by atoms with Gasteiger partial charge in [0.1, 0.15) is 29.7 Å². The Hall–Kier alpha value is -5.20. The molecule has 45 heavy (non-hydrogen) atoms. The Kier molecular flexibility index (Phi) is 8.89. The molecule has 0 spiro atoms. The number of furan rings is 1. The number of aryl methyl sites for hydroxylation is 1. The molecule has 6 rings (SSSR count). The summed E-state index contributed by atoms with van der Waals surface area (Å²) < 4.78 is 30.7. The van der Waals surface area contributed by atoms with Gasteiger partial charge in [-0.05, 0) is 68.1 Å². The quantitative estimate of drug-likeness (QED) is 0.273. The lowest BCUT2D eigenvalue weighted by atomic mass is 10.0. The van der Waals surface area contributed by atoms with Gasteiger partial charge in [0.15, 0.2) is 5.69 Å². The molecule has 234 valence electrons. The first-order valence-electron chi connectivity index (χ1n) is 14.3. The summed E-state index contributed by atoms with van der Waals surface area (Å²) in [6.07, 6.45) is 3.67. The zero-order valence-electron chi connectivity index (χ0n) is 25.3. The van der Waals surface area contributed by atoms with Gasteiger partial charge < -0.3 is 20.4 Å². The van der Waals surface area contributed by atoms with Crippen molar-refractivity contribution in [3.05, 3.63) is 77.7 Å². The van der Waals surface area contributed by atoms with Crippen molar-refractivity contribution in [3.63, 3.8) is 0 Å². The van der Waals surface area contributed by atoms with E-state index in [2.05, 4.69) is 20.6 Å². The van der Waals surface area contributed by atoms with Crippen LogP contribution in [-0.4, -0.2) is 62.4 Å². The van der Waals surface area contributed by atoms with Crippen molar-refractivity contribution in [1.29, 1.82) is 0 Å². The van der Waals surface area contributed by atoms with E-state index in [4.69, 9.17) is 10.2 Å². The Balaban J connectivity index is 0.00000196. The summed E-state index contributed by atoms with van der Waals surface area (Å²) in [7, 11) is 0.500. The van der Waals surface area contributed by atoms with E-state index in [1.807, 2.05) is 19.9 Å². The van der Waals surface area contributed by atoms with Gasteiger partial charge in [-0.2, -0.15) is 15.3 Å². The van der Waals surface area contributed by atoms with Crippen molar-refractivity contribution in [2.45, 2.75) is 45.8 Å². The molecule has 0 aliphatic carbocycles. The normalized spacial score (nSPS) is 16.8. The lowest BCUT2D eigenvalue weighted by Crippen LogP contribution is -2.47. The van der Waals surface area contributed by atoms with Crippen LogP contribution < -0.4 is 11.1 Å². The van der Waals surface area contributed by atoms with Gasteiger partial charge in [0.05, 0.1) is 31.1 Å². The first kappa shape index (κ1) is 31.2. The number of hydrogen-bond donors (Lipinski definition) is 2.